The summed E-state index contributed by atoms with van der Waals surface area (Å²) in [7, 11) is -1.83. The molecule has 0 fully saturated rings. The third kappa shape index (κ3) is 4.32. The molecule has 27 heavy (non-hydrogen) atoms. The largest absolute Gasteiger partial charge is 0.495 e. The van der Waals surface area contributed by atoms with Gasteiger partial charge in [0, 0.05) is 12.2 Å². The predicted octanol–water partition coefficient (Wildman–Crippen LogP) is 3.56. The molecule has 8 heteroatoms. The number of aromatic nitrogens is 2. The summed E-state index contributed by atoms with van der Waals surface area (Å²) in [6, 6.07) is 13.9. The van der Waals surface area contributed by atoms with Gasteiger partial charge in [-0.15, -0.1) is 0 Å². The lowest BCUT2D eigenvalue weighted by Gasteiger charge is -2.05. The number of methoxy groups -OCH3 is 1. The van der Waals surface area contributed by atoms with Crippen LogP contribution >= 0.6 is 11.6 Å². The maximum Gasteiger partial charge on any atom is 0.178 e. The van der Waals surface area contributed by atoms with Crippen molar-refractivity contribution in [3.05, 3.63) is 53.6 Å². The van der Waals surface area contributed by atoms with Crippen LogP contribution in [0.2, 0.25) is 5.02 Å². The smallest absolute Gasteiger partial charge is 0.178 e. The molecule has 142 valence electrons. The van der Waals surface area contributed by atoms with Gasteiger partial charge in [-0.1, -0.05) is 29.8 Å². The lowest BCUT2D eigenvalue weighted by atomic mass is 10.1. The molecule has 0 aliphatic heterocycles. The average molecular weight is 407 g/mol. The van der Waals surface area contributed by atoms with Gasteiger partial charge in [0.25, 0.3) is 0 Å². The predicted molar refractivity (Wildman–Crippen MR) is 105 cm³/mol. The van der Waals surface area contributed by atoms with Gasteiger partial charge < -0.3 is 9.84 Å². The van der Waals surface area contributed by atoms with Crippen molar-refractivity contribution in [2.24, 2.45) is 0 Å². The van der Waals surface area contributed by atoms with E-state index in [9.17, 15) is 8.42 Å². The molecular weight excluding hydrogens is 388 g/mol. The zero-order valence-electron chi connectivity index (χ0n) is 14.6. The molecular formula is C19H19ClN2O4S. The molecule has 0 aliphatic rings. The number of rotatable bonds is 7. The number of aromatic amines is 1. The number of nitrogens with one attached hydrogen (secondary N) is 1. The summed E-state index contributed by atoms with van der Waals surface area (Å²) < 4.78 is 29.6. The molecule has 0 bridgehead atoms. The maximum absolute atomic E-state index is 12.2. The second-order valence-electron chi connectivity index (χ2n) is 5.94. The van der Waals surface area contributed by atoms with Gasteiger partial charge >= 0.3 is 0 Å². The summed E-state index contributed by atoms with van der Waals surface area (Å²) in [5, 5.41) is 16.6. The number of sulfone groups is 1. The molecule has 0 unspecified atom stereocenters. The summed E-state index contributed by atoms with van der Waals surface area (Å²) in [5.41, 5.74) is 3.15. The lowest BCUT2D eigenvalue weighted by molar-refractivity contribution is 0.295. The number of aliphatic hydroxyl groups is 1. The second kappa shape index (κ2) is 8.12. The first kappa shape index (κ1) is 19.4. The molecule has 0 atom stereocenters. The highest BCUT2D eigenvalue weighted by molar-refractivity contribution is 7.91. The Labute approximate surface area is 162 Å². The first-order valence-corrected chi connectivity index (χ1v) is 10.3. The van der Waals surface area contributed by atoms with Crippen LogP contribution in [0.5, 0.6) is 5.75 Å². The standard InChI is InChI=1S/C19H19ClN2O4S/c1-26-19-11-14(5-8-16(19)20)18-12-17(21-22-18)13-3-6-15(7-4-13)27(24,25)10-2-9-23/h3-8,11-12,23H,2,9-10H2,1H3,(H,21,22). The fraction of sp³-hybridized carbons (Fsp3) is 0.211. The number of ether oxygens (including phenoxy) is 1. The van der Waals surface area contributed by atoms with Crippen LogP contribution in [-0.2, 0) is 9.84 Å². The lowest BCUT2D eigenvalue weighted by Crippen LogP contribution is -2.08. The first-order valence-electron chi connectivity index (χ1n) is 8.28. The van der Waals surface area contributed by atoms with Gasteiger partial charge in [-0.25, -0.2) is 8.42 Å². The Balaban J connectivity index is 1.85. The van der Waals surface area contributed by atoms with Crippen molar-refractivity contribution in [2.75, 3.05) is 19.5 Å². The normalized spacial score (nSPS) is 11.5. The number of benzene rings is 2. The highest BCUT2D eigenvalue weighted by Gasteiger charge is 2.14. The number of hydrogen-bond donors (Lipinski definition) is 2. The Hall–Kier alpha value is -2.35. The van der Waals surface area contributed by atoms with Crippen molar-refractivity contribution in [1.82, 2.24) is 10.2 Å². The van der Waals surface area contributed by atoms with E-state index >= 15 is 0 Å². The van der Waals surface area contributed by atoms with Gasteiger partial charge in [-0.3, -0.25) is 5.10 Å². The van der Waals surface area contributed by atoms with Crippen LogP contribution in [0.3, 0.4) is 0 Å². The molecule has 0 saturated heterocycles. The van der Waals surface area contributed by atoms with E-state index in [1.807, 2.05) is 12.1 Å². The second-order valence-corrected chi connectivity index (χ2v) is 8.45. The van der Waals surface area contributed by atoms with Crippen LogP contribution in [0, 0.1) is 0 Å². The molecule has 0 spiro atoms. The summed E-state index contributed by atoms with van der Waals surface area (Å²) in [5.74, 6) is 0.492. The summed E-state index contributed by atoms with van der Waals surface area (Å²) in [6.07, 6.45) is 0.221. The van der Waals surface area contributed by atoms with E-state index in [0.29, 0.717) is 10.8 Å². The van der Waals surface area contributed by atoms with Crippen LogP contribution in [0.1, 0.15) is 6.42 Å². The molecule has 6 nitrogen and oxygen atoms in total. The third-order valence-electron chi connectivity index (χ3n) is 4.12. The number of aliphatic hydroxyl groups excluding tert-OH is 1. The molecule has 3 rings (SSSR count). The highest BCUT2D eigenvalue weighted by Crippen LogP contribution is 2.31. The number of H-pyrrole nitrogens is 1. The summed E-state index contributed by atoms with van der Waals surface area (Å²) >= 11 is 6.05. The van der Waals surface area contributed by atoms with Crippen molar-refractivity contribution >= 4 is 21.4 Å². The topological polar surface area (TPSA) is 92.3 Å². The van der Waals surface area contributed by atoms with Gasteiger partial charge in [0.1, 0.15) is 5.75 Å². The van der Waals surface area contributed by atoms with E-state index in [1.54, 1.807) is 43.5 Å². The van der Waals surface area contributed by atoms with E-state index in [0.717, 1.165) is 22.5 Å². The number of halogens is 1. The van der Waals surface area contributed by atoms with Crippen LogP contribution in [-0.4, -0.2) is 43.2 Å². The van der Waals surface area contributed by atoms with E-state index in [-0.39, 0.29) is 23.7 Å². The minimum absolute atomic E-state index is 0.0740. The van der Waals surface area contributed by atoms with Gasteiger partial charge in [0.2, 0.25) is 0 Å². The van der Waals surface area contributed by atoms with E-state index in [1.165, 1.54) is 0 Å². The van der Waals surface area contributed by atoms with E-state index in [2.05, 4.69) is 10.2 Å². The molecule has 1 heterocycles. The Bertz CT molecular complexity index is 1030. The Kier molecular flexibility index (Phi) is 5.84. The van der Waals surface area contributed by atoms with E-state index in [4.69, 9.17) is 21.4 Å². The highest BCUT2D eigenvalue weighted by atomic mass is 35.5. The quantitative estimate of drug-likeness (QED) is 0.625. The Morgan fingerprint density at radius 1 is 1.11 bits per heavy atom. The van der Waals surface area contributed by atoms with Crippen molar-refractivity contribution in [3.8, 4) is 28.3 Å². The van der Waals surface area contributed by atoms with Crippen LogP contribution in [0.4, 0.5) is 0 Å². The maximum atomic E-state index is 12.2. The zero-order chi connectivity index (χ0) is 19.4. The number of hydrogen-bond acceptors (Lipinski definition) is 5. The summed E-state index contributed by atoms with van der Waals surface area (Å²) in [4.78, 5) is 0.238. The van der Waals surface area contributed by atoms with Crippen molar-refractivity contribution in [3.63, 3.8) is 0 Å². The van der Waals surface area contributed by atoms with Gasteiger partial charge in [0.05, 0.1) is 34.2 Å². The van der Waals surface area contributed by atoms with Gasteiger partial charge in [-0.05, 0) is 42.3 Å². The zero-order valence-corrected chi connectivity index (χ0v) is 16.2. The van der Waals surface area contributed by atoms with Gasteiger partial charge in [-0.2, -0.15) is 5.10 Å². The monoisotopic (exact) mass is 406 g/mol. The fourth-order valence-corrected chi connectivity index (χ4v) is 4.14. The molecule has 2 N–H and O–H groups in total. The van der Waals surface area contributed by atoms with Crippen LogP contribution < -0.4 is 4.74 Å². The van der Waals surface area contributed by atoms with Crippen molar-refractivity contribution in [1.29, 1.82) is 0 Å². The summed E-state index contributed by atoms with van der Waals surface area (Å²) in [6.45, 7) is -0.149. The minimum atomic E-state index is -3.38. The first-order chi connectivity index (χ1) is 12.9. The number of nitrogens with zero attached hydrogens (tertiary/aromatic N) is 1. The average Bonchev–Trinajstić information content (AvgIpc) is 3.17. The molecule has 0 radical (unpaired) electrons. The van der Waals surface area contributed by atoms with Crippen molar-refractivity contribution < 1.29 is 18.3 Å². The van der Waals surface area contributed by atoms with Crippen LogP contribution in [0.25, 0.3) is 22.5 Å². The molecule has 1 aromatic heterocycles. The molecule has 0 saturated carbocycles. The molecule has 0 aliphatic carbocycles. The Morgan fingerprint density at radius 3 is 2.48 bits per heavy atom. The molecule has 2 aromatic carbocycles. The molecule has 3 aromatic rings. The van der Waals surface area contributed by atoms with Crippen molar-refractivity contribution in [2.45, 2.75) is 11.3 Å². The molecule has 0 amide bonds. The minimum Gasteiger partial charge on any atom is -0.495 e. The third-order valence-corrected chi connectivity index (χ3v) is 6.25. The fourth-order valence-electron chi connectivity index (χ4n) is 2.65. The SMILES string of the molecule is COc1cc(-c2cc(-c3ccc(S(=O)(=O)CCCO)cc3)[nH]n2)ccc1Cl. The Morgan fingerprint density at radius 2 is 1.81 bits per heavy atom. The van der Waals surface area contributed by atoms with E-state index < -0.39 is 9.84 Å². The van der Waals surface area contributed by atoms with Crippen LogP contribution in [0.15, 0.2) is 53.4 Å². The van der Waals surface area contributed by atoms with Gasteiger partial charge in [0.15, 0.2) is 9.84 Å².